The molecule has 6 nitrogen and oxygen atoms in total. The zero-order valence-corrected chi connectivity index (χ0v) is 19.4. The van der Waals surface area contributed by atoms with Crippen molar-refractivity contribution in [1.29, 1.82) is 0 Å². The Bertz CT molecular complexity index is 934. The molecule has 0 spiro atoms. The number of benzene rings is 2. The van der Waals surface area contributed by atoms with Gasteiger partial charge >= 0.3 is 0 Å². The molecule has 0 aliphatic carbocycles. The van der Waals surface area contributed by atoms with E-state index >= 15 is 0 Å². The van der Waals surface area contributed by atoms with Crippen LogP contribution in [0.3, 0.4) is 0 Å². The molecule has 2 aromatic carbocycles. The molecule has 0 heterocycles. The molecular formula is C23H33NO5S. The highest BCUT2D eigenvalue weighted by Crippen LogP contribution is 2.39. The Morgan fingerprint density at radius 2 is 1.37 bits per heavy atom. The SMILES string of the molecule is CC(C)(C)c1cc(CCC(N)=O)cc(C(C)(C)C)c1O.O=S(=O)(O)c1ccccc1. The average molecular weight is 436 g/mol. The smallest absolute Gasteiger partial charge is 0.294 e. The molecule has 2 rings (SSSR count). The standard InChI is InChI=1S/C17H27NO2.C6H6O3S/c1-16(2,3)12-9-11(7-8-14(18)19)10-13(15(12)20)17(4,5)6;7-10(8,9)6-4-2-1-3-5-6/h9-10,20H,7-8H2,1-6H3,(H2,18,19);1-5H,(H,7,8,9). The van der Waals surface area contributed by atoms with Crippen LogP contribution in [0.1, 0.15) is 64.7 Å². The number of rotatable bonds is 4. The molecule has 0 radical (unpaired) electrons. The number of primary amides is 1. The number of aromatic hydroxyl groups is 1. The van der Waals surface area contributed by atoms with Crippen LogP contribution in [0, 0.1) is 0 Å². The average Bonchev–Trinajstić information content (AvgIpc) is 2.59. The molecule has 0 saturated heterocycles. The van der Waals surface area contributed by atoms with Crippen LogP contribution in [0.5, 0.6) is 5.75 Å². The maximum atomic E-state index is 11.0. The van der Waals surface area contributed by atoms with Gasteiger partial charge in [-0.1, -0.05) is 71.9 Å². The number of nitrogens with two attached hydrogens (primary N) is 1. The minimum absolute atomic E-state index is 0.0741. The van der Waals surface area contributed by atoms with E-state index in [4.69, 9.17) is 10.3 Å². The summed E-state index contributed by atoms with van der Waals surface area (Å²) in [7, 11) is -4.00. The van der Waals surface area contributed by atoms with Gasteiger partial charge < -0.3 is 10.8 Å². The molecule has 0 aromatic heterocycles. The molecular weight excluding hydrogens is 402 g/mol. The van der Waals surface area contributed by atoms with Crippen molar-refractivity contribution in [3.63, 3.8) is 0 Å². The first-order chi connectivity index (χ1) is 13.5. The van der Waals surface area contributed by atoms with Gasteiger partial charge in [-0.05, 0) is 46.1 Å². The van der Waals surface area contributed by atoms with Gasteiger partial charge in [0.25, 0.3) is 10.1 Å². The molecule has 7 heteroatoms. The third-order valence-electron chi connectivity index (χ3n) is 4.49. The van der Waals surface area contributed by atoms with Crippen LogP contribution in [0.25, 0.3) is 0 Å². The Kier molecular flexibility index (Phi) is 8.23. The van der Waals surface area contributed by atoms with E-state index in [9.17, 15) is 18.3 Å². The predicted octanol–water partition coefficient (Wildman–Crippen LogP) is 4.34. The largest absolute Gasteiger partial charge is 0.507 e. The van der Waals surface area contributed by atoms with Crippen LogP contribution in [-0.4, -0.2) is 24.0 Å². The molecule has 0 atom stereocenters. The van der Waals surface area contributed by atoms with Gasteiger partial charge in [-0.25, -0.2) is 0 Å². The first-order valence-electron chi connectivity index (χ1n) is 9.71. The van der Waals surface area contributed by atoms with Gasteiger partial charge in [0.15, 0.2) is 0 Å². The van der Waals surface area contributed by atoms with E-state index in [1.54, 1.807) is 18.2 Å². The summed E-state index contributed by atoms with van der Waals surface area (Å²) in [5.74, 6) is 0.0699. The van der Waals surface area contributed by atoms with E-state index in [1.165, 1.54) is 12.1 Å². The summed E-state index contributed by atoms with van der Waals surface area (Å²) in [5, 5.41) is 10.6. The van der Waals surface area contributed by atoms with Crippen LogP contribution >= 0.6 is 0 Å². The third kappa shape index (κ3) is 7.80. The van der Waals surface area contributed by atoms with Gasteiger partial charge in [0.05, 0.1) is 4.90 Å². The lowest BCUT2D eigenvalue weighted by atomic mass is 9.78. The van der Waals surface area contributed by atoms with E-state index in [0.717, 1.165) is 16.7 Å². The maximum Gasteiger partial charge on any atom is 0.294 e. The first-order valence-corrected chi connectivity index (χ1v) is 11.1. The number of hydrogen-bond donors (Lipinski definition) is 3. The second kappa shape index (κ2) is 9.62. The van der Waals surface area contributed by atoms with E-state index in [0.29, 0.717) is 18.6 Å². The fourth-order valence-corrected chi connectivity index (χ4v) is 3.34. The van der Waals surface area contributed by atoms with Crippen molar-refractivity contribution in [3.8, 4) is 5.75 Å². The minimum Gasteiger partial charge on any atom is -0.507 e. The Morgan fingerprint density at radius 3 is 1.67 bits per heavy atom. The number of amides is 1. The first kappa shape index (κ1) is 25.7. The summed E-state index contributed by atoms with van der Waals surface area (Å²) < 4.78 is 29.2. The second-order valence-electron chi connectivity index (χ2n) is 9.29. The zero-order chi connectivity index (χ0) is 23.3. The van der Waals surface area contributed by atoms with Crippen molar-refractivity contribution in [1.82, 2.24) is 0 Å². The van der Waals surface area contributed by atoms with E-state index in [1.807, 2.05) is 12.1 Å². The van der Waals surface area contributed by atoms with Crippen LogP contribution in [0.2, 0.25) is 0 Å². The number of carbonyl (C=O) groups excluding carboxylic acids is 1. The molecule has 0 bridgehead atoms. The summed E-state index contributed by atoms with van der Waals surface area (Å²) in [6, 6.07) is 11.4. The van der Waals surface area contributed by atoms with Crippen molar-refractivity contribution >= 4 is 16.0 Å². The number of aryl methyl sites for hydroxylation is 1. The molecule has 0 saturated carbocycles. The summed E-state index contributed by atoms with van der Waals surface area (Å²) in [5.41, 5.74) is 7.83. The van der Waals surface area contributed by atoms with Gasteiger partial charge in [0.2, 0.25) is 5.91 Å². The van der Waals surface area contributed by atoms with Crippen LogP contribution in [0.15, 0.2) is 47.4 Å². The third-order valence-corrected chi connectivity index (χ3v) is 5.35. The lowest BCUT2D eigenvalue weighted by Crippen LogP contribution is -2.18. The number of carbonyl (C=O) groups is 1. The van der Waals surface area contributed by atoms with E-state index in [2.05, 4.69) is 41.5 Å². The summed E-state index contributed by atoms with van der Waals surface area (Å²) >= 11 is 0. The molecule has 0 aliphatic heterocycles. The number of phenolic OH excluding ortho intramolecular Hbond substituents is 1. The van der Waals surface area contributed by atoms with Gasteiger partial charge in [-0.15, -0.1) is 0 Å². The van der Waals surface area contributed by atoms with Crippen LogP contribution in [-0.2, 0) is 32.2 Å². The summed E-state index contributed by atoms with van der Waals surface area (Å²) in [4.78, 5) is 10.9. The Morgan fingerprint density at radius 1 is 0.933 bits per heavy atom. The topological polar surface area (TPSA) is 118 Å². The van der Waals surface area contributed by atoms with E-state index in [-0.39, 0.29) is 21.6 Å². The lowest BCUT2D eigenvalue weighted by Gasteiger charge is -2.28. The van der Waals surface area contributed by atoms with Crippen molar-refractivity contribution in [2.75, 3.05) is 0 Å². The molecule has 4 N–H and O–H groups in total. The molecule has 0 aliphatic rings. The molecule has 0 fully saturated rings. The van der Waals surface area contributed by atoms with Crippen molar-refractivity contribution in [2.24, 2.45) is 5.73 Å². The zero-order valence-electron chi connectivity index (χ0n) is 18.6. The maximum absolute atomic E-state index is 11.0. The summed E-state index contributed by atoms with van der Waals surface area (Å²) in [6.07, 6.45) is 0.944. The highest BCUT2D eigenvalue weighted by atomic mass is 32.2. The van der Waals surface area contributed by atoms with Crippen molar-refractivity contribution in [2.45, 2.75) is 70.1 Å². The molecule has 166 valence electrons. The Labute approximate surface area is 179 Å². The highest BCUT2D eigenvalue weighted by molar-refractivity contribution is 7.85. The van der Waals surface area contributed by atoms with Gasteiger partial charge in [-0.3, -0.25) is 9.35 Å². The number of hydrogen-bond acceptors (Lipinski definition) is 4. The molecule has 2 aromatic rings. The van der Waals surface area contributed by atoms with Gasteiger partial charge in [-0.2, -0.15) is 8.42 Å². The van der Waals surface area contributed by atoms with E-state index < -0.39 is 10.1 Å². The monoisotopic (exact) mass is 435 g/mol. The number of phenols is 1. The van der Waals surface area contributed by atoms with Crippen LogP contribution in [0.4, 0.5) is 0 Å². The minimum atomic E-state index is -4.00. The molecule has 30 heavy (non-hydrogen) atoms. The fraction of sp³-hybridized carbons (Fsp3) is 0.435. The molecule has 0 unspecified atom stereocenters. The quantitative estimate of drug-likeness (QED) is 0.618. The fourth-order valence-electron chi connectivity index (χ4n) is 2.84. The summed E-state index contributed by atoms with van der Waals surface area (Å²) in [6.45, 7) is 12.5. The van der Waals surface area contributed by atoms with Crippen molar-refractivity contribution in [3.05, 3.63) is 59.2 Å². The highest BCUT2D eigenvalue weighted by Gasteiger charge is 2.26. The normalized spacial score (nSPS) is 12.1. The van der Waals surface area contributed by atoms with Gasteiger partial charge in [0.1, 0.15) is 5.75 Å². The lowest BCUT2D eigenvalue weighted by molar-refractivity contribution is -0.117. The van der Waals surface area contributed by atoms with Crippen molar-refractivity contribution < 1.29 is 22.9 Å². The van der Waals surface area contributed by atoms with Crippen LogP contribution < -0.4 is 5.73 Å². The Hall–Kier alpha value is -2.38. The predicted molar refractivity (Wildman–Crippen MR) is 119 cm³/mol. The molecule has 1 amide bonds. The second-order valence-corrected chi connectivity index (χ2v) is 10.7. The van der Waals surface area contributed by atoms with Gasteiger partial charge in [0, 0.05) is 6.42 Å². The Balaban J connectivity index is 0.000000375.